The minimum atomic E-state index is -0.312. The number of carbonyl (C=O) groups excluding carboxylic acids is 3. The minimum absolute atomic E-state index is 0.0171. The lowest BCUT2D eigenvalue weighted by Crippen LogP contribution is -2.34. The number of ether oxygens (including phenoxy) is 2. The molecule has 1 aliphatic heterocycles. The first-order valence-electron chi connectivity index (χ1n) is 9.59. The van der Waals surface area contributed by atoms with Crippen LogP contribution in [0.4, 0.5) is 11.4 Å². The molecule has 3 rings (SSSR count). The second-order valence-corrected chi connectivity index (χ2v) is 7.03. The molecule has 2 N–H and O–H groups in total. The summed E-state index contributed by atoms with van der Waals surface area (Å²) in [6.45, 7) is 0.427. The van der Waals surface area contributed by atoms with Crippen molar-refractivity contribution in [3.8, 4) is 5.75 Å². The van der Waals surface area contributed by atoms with E-state index in [4.69, 9.17) is 9.47 Å². The molecule has 8 nitrogen and oxygen atoms in total. The molecule has 3 amide bonds. The maximum absolute atomic E-state index is 12.5. The van der Waals surface area contributed by atoms with E-state index in [2.05, 4.69) is 10.6 Å². The van der Waals surface area contributed by atoms with Crippen LogP contribution in [-0.4, -0.2) is 56.5 Å². The molecule has 158 valence electrons. The summed E-state index contributed by atoms with van der Waals surface area (Å²) in [5.41, 5.74) is 2.08. The van der Waals surface area contributed by atoms with Crippen molar-refractivity contribution < 1.29 is 23.9 Å². The summed E-state index contributed by atoms with van der Waals surface area (Å²) in [5.74, 6) is -0.142. The SMILES string of the molecule is COCC(=O)Nc1ccc(NC(=O)CN2CC(c3ccccc3)CC2=O)cc1OC. The van der Waals surface area contributed by atoms with E-state index in [1.54, 1.807) is 23.1 Å². The fourth-order valence-corrected chi connectivity index (χ4v) is 3.44. The Morgan fingerprint density at radius 2 is 1.83 bits per heavy atom. The van der Waals surface area contributed by atoms with Gasteiger partial charge in [0.25, 0.3) is 0 Å². The molecule has 2 aromatic carbocycles. The van der Waals surface area contributed by atoms with Crippen molar-refractivity contribution in [1.29, 1.82) is 0 Å². The van der Waals surface area contributed by atoms with Crippen LogP contribution in [0.25, 0.3) is 0 Å². The van der Waals surface area contributed by atoms with Gasteiger partial charge in [0.05, 0.1) is 19.3 Å². The summed E-state index contributed by atoms with van der Waals surface area (Å²) in [7, 11) is 2.90. The van der Waals surface area contributed by atoms with Gasteiger partial charge in [-0.05, 0) is 17.7 Å². The molecule has 2 aromatic rings. The van der Waals surface area contributed by atoms with Gasteiger partial charge in [-0.2, -0.15) is 0 Å². The van der Waals surface area contributed by atoms with E-state index in [9.17, 15) is 14.4 Å². The van der Waals surface area contributed by atoms with Crippen LogP contribution in [0.15, 0.2) is 48.5 Å². The van der Waals surface area contributed by atoms with Crippen molar-refractivity contribution >= 4 is 29.1 Å². The average molecular weight is 411 g/mol. The number of rotatable bonds is 8. The van der Waals surface area contributed by atoms with Crippen LogP contribution in [0.2, 0.25) is 0 Å². The molecule has 0 saturated carbocycles. The second kappa shape index (κ2) is 9.89. The second-order valence-electron chi connectivity index (χ2n) is 7.03. The molecule has 0 radical (unpaired) electrons. The smallest absolute Gasteiger partial charge is 0.250 e. The van der Waals surface area contributed by atoms with Gasteiger partial charge < -0.3 is 25.0 Å². The molecule has 1 aliphatic rings. The molecule has 1 fully saturated rings. The lowest BCUT2D eigenvalue weighted by atomic mass is 9.99. The summed E-state index contributed by atoms with van der Waals surface area (Å²) >= 11 is 0. The quantitative estimate of drug-likeness (QED) is 0.694. The lowest BCUT2D eigenvalue weighted by Gasteiger charge is -2.17. The van der Waals surface area contributed by atoms with Crippen LogP contribution >= 0.6 is 0 Å². The average Bonchev–Trinajstić information content (AvgIpc) is 3.10. The van der Waals surface area contributed by atoms with Gasteiger partial charge in [-0.15, -0.1) is 0 Å². The van der Waals surface area contributed by atoms with Gasteiger partial charge in [-0.3, -0.25) is 14.4 Å². The fourth-order valence-electron chi connectivity index (χ4n) is 3.44. The van der Waals surface area contributed by atoms with Crippen molar-refractivity contribution in [3.63, 3.8) is 0 Å². The molecule has 1 unspecified atom stereocenters. The summed E-state index contributed by atoms with van der Waals surface area (Å²) < 4.78 is 10.1. The van der Waals surface area contributed by atoms with Crippen LogP contribution in [-0.2, 0) is 19.1 Å². The number of nitrogens with one attached hydrogen (secondary N) is 2. The van der Waals surface area contributed by atoms with E-state index in [1.807, 2.05) is 30.3 Å². The zero-order chi connectivity index (χ0) is 21.5. The Labute approximate surface area is 175 Å². The zero-order valence-electron chi connectivity index (χ0n) is 17.0. The highest BCUT2D eigenvalue weighted by molar-refractivity contribution is 5.97. The molecule has 0 aromatic heterocycles. The van der Waals surface area contributed by atoms with Crippen molar-refractivity contribution in [2.45, 2.75) is 12.3 Å². The summed E-state index contributed by atoms with van der Waals surface area (Å²) in [4.78, 5) is 38.1. The fraction of sp³-hybridized carbons (Fsp3) is 0.318. The molecule has 30 heavy (non-hydrogen) atoms. The van der Waals surface area contributed by atoms with Gasteiger partial charge in [0.2, 0.25) is 17.7 Å². The Kier molecular flexibility index (Phi) is 7.03. The Bertz CT molecular complexity index is 916. The van der Waals surface area contributed by atoms with Gasteiger partial charge in [-0.1, -0.05) is 30.3 Å². The summed E-state index contributed by atoms with van der Waals surface area (Å²) in [6, 6.07) is 14.7. The van der Waals surface area contributed by atoms with Crippen molar-refractivity contribution in [2.75, 3.05) is 44.5 Å². The number of hydrogen-bond donors (Lipinski definition) is 2. The van der Waals surface area contributed by atoms with E-state index < -0.39 is 0 Å². The highest BCUT2D eigenvalue weighted by Gasteiger charge is 2.31. The number of hydrogen-bond acceptors (Lipinski definition) is 5. The summed E-state index contributed by atoms with van der Waals surface area (Å²) in [6.07, 6.45) is 0.404. The first-order chi connectivity index (χ1) is 14.5. The first-order valence-corrected chi connectivity index (χ1v) is 9.59. The van der Waals surface area contributed by atoms with Gasteiger partial charge in [0.15, 0.2) is 0 Å². The van der Waals surface area contributed by atoms with Crippen LogP contribution in [0.5, 0.6) is 5.75 Å². The maximum atomic E-state index is 12.5. The molecular weight excluding hydrogens is 386 g/mol. The first kappa shape index (κ1) is 21.3. The normalized spacial score (nSPS) is 15.7. The molecule has 1 saturated heterocycles. The number of anilines is 2. The lowest BCUT2D eigenvalue weighted by molar-refractivity contribution is -0.131. The molecular formula is C22H25N3O5. The Balaban J connectivity index is 1.59. The highest BCUT2D eigenvalue weighted by Crippen LogP contribution is 2.29. The van der Waals surface area contributed by atoms with E-state index in [0.29, 0.717) is 30.1 Å². The van der Waals surface area contributed by atoms with E-state index in [1.165, 1.54) is 14.2 Å². The Hall–Kier alpha value is -3.39. The minimum Gasteiger partial charge on any atom is -0.494 e. The molecule has 0 bridgehead atoms. The third kappa shape index (κ3) is 5.36. The van der Waals surface area contributed by atoms with E-state index in [-0.39, 0.29) is 36.8 Å². The topological polar surface area (TPSA) is 97.0 Å². The predicted molar refractivity (Wildman–Crippen MR) is 113 cm³/mol. The molecule has 0 spiro atoms. The molecule has 1 heterocycles. The summed E-state index contributed by atoms with van der Waals surface area (Å²) in [5, 5.41) is 5.45. The van der Waals surface area contributed by atoms with Gasteiger partial charge in [0, 0.05) is 37.7 Å². The van der Waals surface area contributed by atoms with Crippen molar-refractivity contribution in [2.24, 2.45) is 0 Å². The number of amides is 3. The van der Waals surface area contributed by atoms with Crippen molar-refractivity contribution in [3.05, 3.63) is 54.1 Å². The van der Waals surface area contributed by atoms with Crippen LogP contribution in [0, 0.1) is 0 Å². The molecule has 8 heteroatoms. The van der Waals surface area contributed by atoms with Crippen molar-refractivity contribution in [1.82, 2.24) is 4.90 Å². The van der Waals surface area contributed by atoms with Gasteiger partial charge in [-0.25, -0.2) is 0 Å². The standard InChI is InChI=1S/C22H25N3O5/c1-29-14-21(27)24-18-9-8-17(11-19(18)30-2)23-20(26)13-25-12-16(10-22(25)28)15-6-4-3-5-7-15/h3-9,11,16H,10,12-14H2,1-2H3,(H,23,26)(H,24,27). The Morgan fingerprint density at radius 3 is 2.53 bits per heavy atom. The van der Waals surface area contributed by atoms with E-state index in [0.717, 1.165) is 5.56 Å². The Morgan fingerprint density at radius 1 is 1.07 bits per heavy atom. The number of methoxy groups -OCH3 is 2. The highest BCUT2D eigenvalue weighted by atomic mass is 16.5. The number of likely N-dealkylation sites (tertiary alicyclic amines) is 1. The van der Waals surface area contributed by atoms with Crippen LogP contribution < -0.4 is 15.4 Å². The van der Waals surface area contributed by atoms with Gasteiger partial charge >= 0.3 is 0 Å². The third-order valence-corrected chi connectivity index (χ3v) is 4.85. The molecule has 0 aliphatic carbocycles. The number of nitrogens with zero attached hydrogens (tertiary/aromatic N) is 1. The van der Waals surface area contributed by atoms with Crippen LogP contribution in [0.3, 0.4) is 0 Å². The molecule has 1 atom stereocenters. The van der Waals surface area contributed by atoms with Crippen LogP contribution in [0.1, 0.15) is 17.9 Å². The number of benzene rings is 2. The van der Waals surface area contributed by atoms with E-state index >= 15 is 0 Å². The third-order valence-electron chi connectivity index (χ3n) is 4.85. The van der Waals surface area contributed by atoms with Gasteiger partial charge in [0.1, 0.15) is 12.4 Å². The monoisotopic (exact) mass is 411 g/mol. The maximum Gasteiger partial charge on any atom is 0.250 e. The predicted octanol–water partition coefficient (Wildman–Crippen LogP) is 2.23. The largest absolute Gasteiger partial charge is 0.494 e. The zero-order valence-corrected chi connectivity index (χ0v) is 17.0. The number of carbonyl (C=O) groups is 3.